The Morgan fingerprint density at radius 1 is 1.38 bits per heavy atom. The van der Waals surface area contributed by atoms with Crippen molar-refractivity contribution in [1.82, 2.24) is 19.4 Å². The Morgan fingerprint density at radius 3 is 2.92 bits per heavy atom. The lowest BCUT2D eigenvalue weighted by Gasteiger charge is -2.12. The van der Waals surface area contributed by atoms with E-state index in [9.17, 15) is 9.59 Å². The van der Waals surface area contributed by atoms with Gasteiger partial charge >= 0.3 is 0 Å². The monoisotopic (exact) mass is 344 g/mol. The average Bonchev–Trinajstić information content (AvgIpc) is 3.09. The van der Waals surface area contributed by atoms with E-state index in [2.05, 4.69) is 10.3 Å². The maximum atomic E-state index is 12.6. The number of carbonyl (C=O) groups is 1. The molecule has 0 spiro atoms. The quantitative estimate of drug-likeness (QED) is 0.772. The fraction of sp³-hybridized carbons (Fsp3) is 0.235. The molecule has 0 aliphatic rings. The molecule has 0 bridgehead atoms. The highest BCUT2D eigenvalue weighted by atomic mass is 35.5. The predicted molar refractivity (Wildman–Crippen MR) is 93.5 cm³/mol. The van der Waals surface area contributed by atoms with Gasteiger partial charge < -0.3 is 14.5 Å². The third-order valence-electron chi connectivity index (χ3n) is 3.84. The van der Waals surface area contributed by atoms with Gasteiger partial charge in [-0.15, -0.1) is 0 Å². The van der Waals surface area contributed by atoms with Gasteiger partial charge in [-0.1, -0.05) is 11.6 Å². The summed E-state index contributed by atoms with van der Waals surface area (Å²) in [4.78, 5) is 29.0. The van der Waals surface area contributed by atoms with Crippen molar-refractivity contribution in [2.24, 2.45) is 0 Å². The number of pyridine rings is 1. The van der Waals surface area contributed by atoms with E-state index in [-0.39, 0.29) is 16.9 Å². The fourth-order valence-electron chi connectivity index (χ4n) is 2.61. The molecule has 2 heterocycles. The molecule has 0 fully saturated rings. The lowest BCUT2D eigenvalue weighted by Crippen LogP contribution is -2.32. The zero-order chi connectivity index (χ0) is 17.1. The number of amides is 1. The van der Waals surface area contributed by atoms with Gasteiger partial charge in [-0.05, 0) is 25.1 Å². The van der Waals surface area contributed by atoms with Gasteiger partial charge in [-0.2, -0.15) is 0 Å². The van der Waals surface area contributed by atoms with E-state index in [0.29, 0.717) is 30.0 Å². The minimum atomic E-state index is -0.385. The molecule has 6 nitrogen and oxygen atoms in total. The predicted octanol–water partition coefficient (Wildman–Crippen LogP) is 2.30. The van der Waals surface area contributed by atoms with Crippen molar-refractivity contribution in [3.05, 3.63) is 63.9 Å². The van der Waals surface area contributed by atoms with Crippen LogP contribution in [0.4, 0.5) is 0 Å². The Kier molecular flexibility index (Phi) is 4.66. The molecule has 7 heteroatoms. The molecule has 3 rings (SSSR count). The second kappa shape index (κ2) is 6.88. The van der Waals surface area contributed by atoms with Crippen LogP contribution in [0.1, 0.15) is 17.3 Å². The molecular formula is C17H17ClN4O2. The Bertz CT molecular complexity index is 932. The first-order valence-corrected chi connectivity index (χ1v) is 8.04. The minimum absolute atomic E-state index is 0.122. The van der Waals surface area contributed by atoms with Crippen molar-refractivity contribution in [1.29, 1.82) is 0 Å². The molecule has 0 atom stereocenters. The molecule has 0 radical (unpaired) electrons. The number of carbonyl (C=O) groups excluding carboxylic acids is 1. The van der Waals surface area contributed by atoms with E-state index < -0.39 is 0 Å². The molecule has 24 heavy (non-hydrogen) atoms. The van der Waals surface area contributed by atoms with Gasteiger partial charge in [-0.3, -0.25) is 9.59 Å². The third-order valence-corrected chi connectivity index (χ3v) is 4.08. The summed E-state index contributed by atoms with van der Waals surface area (Å²) in [6, 6.07) is 5.14. The van der Waals surface area contributed by atoms with E-state index in [1.54, 1.807) is 36.9 Å². The second-order valence-corrected chi connectivity index (χ2v) is 5.81. The largest absolute Gasteiger partial charge is 0.350 e. The van der Waals surface area contributed by atoms with E-state index in [4.69, 9.17) is 11.6 Å². The highest BCUT2D eigenvalue weighted by Gasteiger charge is 2.15. The van der Waals surface area contributed by atoms with Crippen LogP contribution in [-0.4, -0.2) is 26.6 Å². The van der Waals surface area contributed by atoms with Crippen LogP contribution in [0.2, 0.25) is 5.02 Å². The summed E-state index contributed by atoms with van der Waals surface area (Å²) in [6.45, 7) is 3.61. The maximum absolute atomic E-state index is 12.6. The molecule has 0 aliphatic carbocycles. The molecule has 124 valence electrons. The van der Waals surface area contributed by atoms with Crippen molar-refractivity contribution < 1.29 is 4.79 Å². The van der Waals surface area contributed by atoms with Crippen LogP contribution in [0, 0.1) is 0 Å². The molecule has 1 amide bonds. The lowest BCUT2D eigenvalue weighted by molar-refractivity contribution is 0.0950. The number of hydrogen-bond donors (Lipinski definition) is 1. The molecule has 0 saturated carbocycles. The van der Waals surface area contributed by atoms with Crippen LogP contribution < -0.4 is 10.7 Å². The van der Waals surface area contributed by atoms with Crippen molar-refractivity contribution >= 4 is 28.4 Å². The van der Waals surface area contributed by atoms with Crippen LogP contribution >= 0.6 is 11.6 Å². The second-order valence-electron chi connectivity index (χ2n) is 5.38. The fourth-order valence-corrected chi connectivity index (χ4v) is 2.78. The van der Waals surface area contributed by atoms with Crippen LogP contribution in [0.5, 0.6) is 0 Å². The number of benzene rings is 1. The Hall–Kier alpha value is -2.60. The van der Waals surface area contributed by atoms with Gasteiger partial charge in [0.25, 0.3) is 5.91 Å². The number of aromatic nitrogens is 3. The summed E-state index contributed by atoms with van der Waals surface area (Å²) < 4.78 is 3.72. The molecule has 0 unspecified atom stereocenters. The number of hydrogen-bond acceptors (Lipinski definition) is 3. The SMILES string of the molecule is CCn1cc(C(=O)NCCn2ccnc2)c(=O)c2cc(Cl)ccc21. The van der Waals surface area contributed by atoms with Gasteiger partial charge in [0.15, 0.2) is 0 Å². The van der Waals surface area contributed by atoms with Gasteiger partial charge in [0, 0.05) is 48.6 Å². The van der Waals surface area contributed by atoms with E-state index >= 15 is 0 Å². The number of nitrogens with zero attached hydrogens (tertiary/aromatic N) is 3. The number of aryl methyl sites for hydroxylation is 1. The highest BCUT2D eigenvalue weighted by Crippen LogP contribution is 2.17. The Labute approximate surface area is 143 Å². The minimum Gasteiger partial charge on any atom is -0.350 e. The highest BCUT2D eigenvalue weighted by molar-refractivity contribution is 6.31. The zero-order valence-electron chi connectivity index (χ0n) is 13.2. The summed E-state index contributed by atoms with van der Waals surface area (Å²) in [7, 11) is 0. The summed E-state index contributed by atoms with van der Waals surface area (Å²) in [5.74, 6) is -0.385. The molecule has 3 aromatic rings. The van der Waals surface area contributed by atoms with E-state index in [0.717, 1.165) is 5.52 Å². The Morgan fingerprint density at radius 2 is 2.21 bits per heavy atom. The van der Waals surface area contributed by atoms with Crippen molar-refractivity contribution in [2.45, 2.75) is 20.0 Å². The van der Waals surface area contributed by atoms with Gasteiger partial charge in [0.1, 0.15) is 5.56 Å². The number of halogens is 1. The first-order chi connectivity index (χ1) is 11.6. The maximum Gasteiger partial charge on any atom is 0.256 e. The summed E-state index contributed by atoms with van der Waals surface area (Å²) in [5.41, 5.74) is 0.580. The standard InChI is InChI=1S/C17H17ClN4O2/c1-2-22-10-14(16(23)13-9-12(18)3-4-15(13)22)17(24)20-6-8-21-7-5-19-11-21/h3-5,7,9-11H,2,6,8H2,1H3,(H,20,24). The lowest BCUT2D eigenvalue weighted by atomic mass is 10.1. The van der Waals surface area contributed by atoms with E-state index in [1.807, 2.05) is 22.3 Å². The van der Waals surface area contributed by atoms with Gasteiger partial charge in [-0.25, -0.2) is 4.98 Å². The molecule has 0 saturated heterocycles. The van der Waals surface area contributed by atoms with Crippen molar-refractivity contribution in [3.8, 4) is 0 Å². The van der Waals surface area contributed by atoms with Crippen LogP contribution in [0.3, 0.4) is 0 Å². The number of nitrogens with one attached hydrogen (secondary N) is 1. The van der Waals surface area contributed by atoms with Crippen LogP contribution in [0.15, 0.2) is 47.9 Å². The molecule has 2 aromatic heterocycles. The number of rotatable bonds is 5. The first-order valence-electron chi connectivity index (χ1n) is 7.66. The van der Waals surface area contributed by atoms with Crippen molar-refractivity contribution in [3.63, 3.8) is 0 Å². The van der Waals surface area contributed by atoms with Crippen molar-refractivity contribution in [2.75, 3.05) is 6.54 Å². The summed E-state index contributed by atoms with van der Waals surface area (Å²) in [5, 5.41) is 3.70. The summed E-state index contributed by atoms with van der Waals surface area (Å²) in [6.07, 6.45) is 6.77. The topological polar surface area (TPSA) is 68.9 Å². The molecule has 1 N–H and O–H groups in total. The van der Waals surface area contributed by atoms with E-state index in [1.165, 1.54) is 0 Å². The zero-order valence-corrected chi connectivity index (χ0v) is 14.0. The molecule has 0 aliphatic heterocycles. The summed E-state index contributed by atoms with van der Waals surface area (Å²) >= 11 is 6.00. The van der Waals surface area contributed by atoms with Crippen LogP contribution in [-0.2, 0) is 13.1 Å². The Balaban J connectivity index is 1.89. The molecular weight excluding hydrogens is 328 g/mol. The van der Waals surface area contributed by atoms with Crippen LogP contribution in [0.25, 0.3) is 10.9 Å². The molecule has 1 aromatic carbocycles. The smallest absolute Gasteiger partial charge is 0.256 e. The third kappa shape index (κ3) is 3.19. The first kappa shape index (κ1) is 16.3. The average molecular weight is 345 g/mol. The number of imidazole rings is 1. The van der Waals surface area contributed by atoms with Gasteiger partial charge in [0.2, 0.25) is 5.43 Å². The number of fused-ring (bicyclic) bond motifs is 1. The van der Waals surface area contributed by atoms with Gasteiger partial charge in [0.05, 0.1) is 11.8 Å². The normalized spacial score (nSPS) is 10.9.